The van der Waals surface area contributed by atoms with Gasteiger partial charge in [0.2, 0.25) is 6.10 Å². The van der Waals surface area contributed by atoms with Gasteiger partial charge in [-0.1, -0.05) is 58.4 Å². The predicted molar refractivity (Wildman–Crippen MR) is 96.9 cm³/mol. The standard InChI is InChI=1S/C20H18BrNO3/c1-12(23)25-19-18(16-8-4-5-9-17(16)21)22(20(19)24)15-10-13-6-2-3-7-14(13)11-15/h2-9,15,18-19H,10-11H2,1H3/t18-,19+/m1/s1. The fourth-order valence-corrected chi connectivity index (χ4v) is 4.46. The van der Waals surface area contributed by atoms with Crippen molar-refractivity contribution in [1.82, 2.24) is 4.90 Å². The Balaban J connectivity index is 1.66. The number of halogens is 1. The first-order chi connectivity index (χ1) is 12.1. The molecular weight excluding hydrogens is 382 g/mol. The van der Waals surface area contributed by atoms with Gasteiger partial charge in [0.15, 0.2) is 0 Å². The molecule has 0 bridgehead atoms. The van der Waals surface area contributed by atoms with Crippen LogP contribution in [0.25, 0.3) is 0 Å². The Hall–Kier alpha value is -2.14. The maximum atomic E-state index is 12.8. The Bertz CT molecular complexity index is 825. The van der Waals surface area contributed by atoms with Gasteiger partial charge in [-0.2, -0.15) is 0 Å². The first kappa shape index (κ1) is 16.3. The summed E-state index contributed by atoms with van der Waals surface area (Å²) in [6.45, 7) is 1.35. The largest absolute Gasteiger partial charge is 0.450 e. The maximum Gasteiger partial charge on any atom is 0.303 e. The van der Waals surface area contributed by atoms with Crippen molar-refractivity contribution >= 4 is 27.8 Å². The molecule has 2 atom stereocenters. The van der Waals surface area contributed by atoms with E-state index in [1.807, 2.05) is 41.3 Å². The lowest BCUT2D eigenvalue weighted by atomic mass is 9.88. The van der Waals surface area contributed by atoms with E-state index in [-0.39, 0.29) is 18.0 Å². The molecular formula is C20H18BrNO3. The van der Waals surface area contributed by atoms with Gasteiger partial charge >= 0.3 is 5.97 Å². The molecule has 1 heterocycles. The van der Waals surface area contributed by atoms with E-state index in [2.05, 4.69) is 28.1 Å². The van der Waals surface area contributed by atoms with Gasteiger partial charge in [-0.05, 0) is 35.6 Å². The van der Waals surface area contributed by atoms with Crippen LogP contribution in [-0.2, 0) is 27.2 Å². The Morgan fingerprint density at radius 1 is 1.08 bits per heavy atom. The minimum Gasteiger partial charge on any atom is -0.450 e. The molecule has 2 aromatic rings. The fourth-order valence-electron chi connectivity index (χ4n) is 3.94. The zero-order valence-corrected chi connectivity index (χ0v) is 15.4. The van der Waals surface area contributed by atoms with E-state index in [0.29, 0.717) is 0 Å². The maximum absolute atomic E-state index is 12.8. The minimum atomic E-state index is -0.736. The molecule has 4 nitrogen and oxygen atoms in total. The molecule has 1 saturated heterocycles. The number of ether oxygens (including phenoxy) is 1. The molecule has 0 spiro atoms. The second-order valence-electron chi connectivity index (χ2n) is 6.57. The summed E-state index contributed by atoms with van der Waals surface area (Å²) in [5, 5.41) is 0. The van der Waals surface area contributed by atoms with Crippen LogP contribution in [0.15, 0.2) is 53.0 Å². The van der Waals surface area contributed by atoms with Crippen LogP contribution in [0.4, 0.5) is 0 Å². The van der Waals surface area contributed by atoms with Crippen molar-refractivity contribution in [2.45, 2.75) is 38.0 Å². The number of esters is 1. The van der Waals surface area contributed by atoms with Crippen molar-refractivity contribution in [2.75, 3.05) is 0 Å². The molecule has 128 valence electrons. The number of likely N-dealkylation sites (tertiary alicyclic amines) is 1. The van der Waals surface area contributed by atoms with Gasteiger partial charge in [-0.25, -0.2) is 0 Å². The van der Waals surface area contributed by atoms with E-state index in [1.165, 1.54) is 18.1 Å². The number of amides is 1. The normalized spacial score (nSPS) is 22.5. The Morgan fingerprint density at radius 3 is 2.28 bits per heavy atom. The van der Waals surface area contributed by atoms with Crippen LogP contribution < -0.4 is 0 Å². The zero-order chi connectivity index (χ0) is 17.6. The first-order valence-electron chi connectivity index (χ1n) is 8.37. The van der Waals surface area contributed by atoms with Crippen molar-refractivity contribution in [3.63, 3.8) is 0 Å². The average molecular weight is 400 g/mol. The fraction of sp³-hybridized carbons (Fsp3) is 0.300. The van der Waals surface area contributed by atoms with Crippen LogP contribution in [-0.4, -0.2) is 28.9 Å². The van der Waals surface area contributed by atoms with Gasteiger partial charge in [-0.15, -0.1) is 0 Å². The van der Waals surface area contributed by atoms with E-state index in [1.54, 1.807) is 0 Å². The summed E-state index contributed by atoms with van der Waals surface area (Å²) in [5.41, 5.74) is 3.56. The molecule has 1 aliphatic heterocycles. The highest BCUT2D eigenvalue weighted by Crippen LogP contribution is 2.44. The van der Waals surface area contributed by atoms with Gasteiger partial charge in [0.05, 0.1) is 0 Å². The van der Waals surface area contributed by atoms with Gasteiger partial charge in [0.25, 0.3) is 5.91 Å². The third-order valence-corrected chi connectivity index (χ3v) is 5.75. The number of fused-ring (bicyclic) bond motifs is 1. The third-order valence-electron chi connectivity index (χ3n) is 5.02. The molecule has 0 N–H and O–H groups in total. The highest BCUT2D eigenvalue weighted by Gasteiger charge is 2.54. The zero-order valence-electron chi connectivity index (χ0n) is 13.8. The number of benzene rings is 2. The lowest BCUT2D eigenvalue weighted by Gasteiger charge is -2.49. The summed E-state index contributed by atoms with van der Waals surface area (Å²) in [4.78, 5) is 26.1. The molecule has 2 aliphatic rings. The summed E-state index contributed by atoms with van der Waals surface area (Å²) < 4.78 is 6.26. The summed E-state index contributed by atoms with van der Waals surface area (Å²) >= 11 is 3.57. The SMILES string of the molecule is CC(=O)O[C@@H]1C(=O)N(C2Cc3ccccc3C2)[C@@H]1c1ccccc1Br. The second kappa shape index (κ2) is 6.30. The van der Waals surface area contributed by atoms with Crippen LogP contribution in [0.5, 0.6) is 0 Å². The summed E-state index contributed by atoms with van der Waals surface area (Å²) in [7, 11) is 0. The summed E-state index contributed by atoms with van der Waals surface area (Å²) in [6.07, 6.45) is 0.950. The van der Waals surface area contributed by atoms with E-state index < -0.39 is 12.1 Å². The third kappa shape index (κ3) is 2.76. The second-order valence-corrected chi connectivity index (χ2v) is 7.43. The van der Waals surface area contributed by atoms with Gasteiger partial charge in [0.1, 0.15) is 6.04 Å². The smallest absolute Gasteiger partial charge is 0.303 e. The van der Waals surface area contributed by atoms with Crippen molar-refractivity contribution < 1.29 is 14.3 Å². The van der Waals surface area contributed by atoms with Gasteiger partial charge < -0.3 is 9.64 Å². The monoisotopic (exact) mass is 399 g/mol. The highest BCUT2D eigenvalue weighted by molar-refractivity contribution is 9.10. The average Bonchev–Trinajstić information content (AvgIpc) is 3.01. The number of β-lactam (4-membered cyclic amide) rings is 1. The van der Waals surface area contributed by atoms with Crippen LogP contribution in [0, 0.1) is 0 Å². The Morgan fingerprint density at radius 2 is 1.68 bits per heavy atom. The molecule has 4 rings (SSSR count). The van der Waals surface area contributed by atoms with Crippen LogP contribution in [0.1, 0.15) is 29.7 Å². The minimum absolute atomic E-state index is 0.103. The number of nitrogens with zero attached hydrogens (tertiary/aromatic N) is 1. The van der Waals surface area contributed by atoms with E-state index in [0.717, 1.165) is 22.9 Å². The predicted octanol–water partition coefficient (Wildman–Crippen LogP) is 3.43. The van der Waals surface area contributed by atoms with Crippen molar-refractivity contribution in [1.29, 1.82) is 0 Å². The Kier molecular flexibility index (Phi) is 4.12. The number of carbonyl (C=O) groups is 2. The lowest BCUT2D eigenvalue weighted by molar-refractivity contribution is -0.186. The molecule has 0 unspecified atom stereocenters. The first-order valence-corrected chi connectivity index (χ1v) is 9.16. The van der Waals surface area contributed by atoms with Crippen molar-refractivity contribution in [2.24, 2.45) is 0 Å². The van der Waals surface area contributed by atoms with Gasteiger partial charge in [0, 0.05) is 17.4 Å². The van der Waals surface area contributed by atoms with Crippen molar-refractivity contribution in [3.8, 4) is 0 Å². The summed E-state index contributed by atoms with van der Waals surface area (Å²) in [6, 6.07) is 16.0. The van der Waals surface area contributed by atoms with Gasteiger partial charge in [-0.3, -0.25) is 9.59 Å². The number of carbonyl (C=O) groups excluding carboxylic acids is 2. The number of hydrogen-bond donors (Lipinski definition) is 0. The van der Waals surface area contributed by atoms with E-state index in [9.17, 15) is 9.59 Å². The quantitative estimate of drug-likeness (QED) is 0.586. The lowest BCUT2D eigenvalue weighted by Crippen LogP contribution is -2.63. The van der Waals surface area contributed by atoms with Crippen LogP contribution in [0.2, 0.25) is 0 Å². The molecule has 0 radical (unpaired) electrons. The number of hydrogen-bond acceptors (Lipinski definition) is 3. The highest BCUT2D eigenvalue weighted by atomic mass is 79.9. The molecule has 1 amide bonds. The molecule has 0 aromatic heterocycles. The van der Waals surface area contributed by atoms with E-state index >= 15 is 0 Å². The van der Waals surface area contributed by atoms with E-state index in [4.69, 9.17) is 4.74 Å². The molecule has 1 aliphatic carbocycles. The summed E-state index contributed by atoms with van der Waals surface area (Å²) in [5.74, 6) is -0.529. The van der Waals surface area contributed by atoms with Crippen LogP contribution >= 0.6 is 15.9 Å². The topological polar surface area (TPSA) is 46.6 Å². The molecule has 1 fully saturated rings. The molecule has 25 heavy (non-hydrogen) atoms. The molecule has 0 saturated carbocycles. The Labute approximate surface area is 154 Å². The molecule has 5 heteroatoms. The number of rotatable bonds is 3. The van der Waals surface area contributed by atoms with Crippen LogP contribution in [0.3, 0.4) is 0 Å². The molecule has 2 aromatic carbocycles. The van der Waals surface area contributed by atoms with Crippen molar-refractivity contribution in [3.05, 3.63) is 69.7 Å².